The van der Waals surface area contributed by atoms with Crippen LogP contribution in [0, 0.1) is 27.3 Å². The average molecular weight is 366 g/mol. The van der Waals surface area contributed by atoms with Crippen molar-refractivity contribution in [3.05, 3.63) is 81.1 Å². The third kappa shape index (κ3) is 3.91. The number of anilines is 1. The third-order valence-corrected chi connectivity index (χ3v) is 4.31. The molecule has 3 rings (SSSR count). The molecular weight excluding hydrogens is 355 g/mol. The summed E-state index contributed by atoms with van der Waals surface area (Å²) in [4.78, 5) is 14.6. The van der Waals surface area contributed by atoms with Crippen molar-refractivity contribution in [2.24, 2.45) is 0 Å². The first-order chi connectivity index (χ1) is 12.6. The fourth-order valence-corrected chi connectivity index (χ4v) is 2.95. The Bertz CT molecular complexity index is 1020. The molecule has 0 aliphatic heterocycles. The predicted octanol–water partition coefficient (Wildman–Crippen LogP) is 4.83. The van der Waals surface area contributed by atoms with Crippen molar-refractivity contribution < 1.29 is 9.31 Å². The van der Waals surface area contributed by atoms with Gasteiger partial charge in [-0.1, -0.05) is 6.07 Å². The number of thiazole rings is 1. The topological polar surface area (TPSA) is 91.8 Å². The van der Waals surface area contributed by atoms with E-state index in [9.17, 15) is 19.8 Å². The van der Waals surface area contributed by atoms with Crippen molar-refractivity contribution in [1.82, 2.24) is 4.98 Å². The van der Waals surface area contributed by atoms with Crippen LogP contribution < -0.4 is 5.32 Å². The van der Waals surface area contributed by atoms with Crippen LogP contribution in [0.15, 0.2) is 60.1 Å². The van der Waals surface area contributed by atoms with Crippen LogP contribution in [-0.2, 0) is 0 Å². The maximum absolute atomic E-state index is 13.2. The summed E-state index contributed by atoms with van der Waals surface area (Å²) in [6.07, 6.45) is 1.47. The van der Waals surface area contributed by atoms with E-state index in [0.717, 1.165) is 0 Å². The van der Waals surface area contributed by atoms with E-state index in [-0.39, 0.29) is 11.5 Å². The van der Waals surface area contributed by atoms with Crippen molar-refractivity contribution in [3.63, 3.8) is 0 Å². The summed E-state index contributed by atoms with van der Waals surface area (Å²) in [7, 11) is 0. The first-order valence-corrected chi connectivity index (χ1v) is 8.28. The Labute approximate surface area is 152 Å². The van der Waals surface area contributed by atoms with E-state index in [4.69, 9.17) is 0 Å². The first-order valence-electron chi connectivity index (χ1n) is 7.40. The molecule has 8 heteroatoms. The number of nitriles is 1. The van der Waals surface area contributed by atoms with E-state index < -0.39 is 4.92 Å². The van der Waals surface area contributed by atoms with Gasteiger partial charge in [-0.05, 0) is 30.3 Å². The Balaban J connectivity index is 1.81. The minimum Gasteiger partial charge on any atom is -0.360 e. The van der Waals surface area contributed by atoms with E-state index in [1.165, 1.54) is 41.8 Å². The number of nitrogens with one attached hydrogen (secondary N) is 1. The van der Waals surface area contributed by atoms with Crippen LogP contribution in [0.5, 0.6) is 0 Å². The maximum atomic E-state index is 13.2. The lowest BCUT2D eigenvalue weighted by molar-refractivity contribution is -0.384. The second kappa shape index (κ2) is 7.55. The first kappa shape index (κ1) is 17.3. The number of hydrogen-bond donors (Lipinski definition) is 1. The normalized spacial score (nSPS) is 11.0. The molecule has 0 radical (unpaired) electrons. The minimum absolute atomic E-state index is 0.00102. The number of non-ortho nitro benzene ring substituents is 1. The van der Waals surface area contributed by atoms with E-state index in [1.54, 1.807) is 29.6 Å². The number of aromatic nitrogens is 1. The van der Waals surface area contributed by atoms with Crippen LogP contribution in [0.25, 0.3) is 16.8 Å². The molecule has 0 amide bonds. The zero-order chi connectivity index (χ0) is 18.5. The number of hydrogen-bond acceptors (Lipinski definition) is 6. The SMILES string of the molecule is N#C/C(=C\Nc1cccc(F)c1)c1nc(-c2ccc([N+](=O)[O-])cc2)cs1. The molecule has 0 saturated heterocycles. The molecule has 0 unspecified atom stereocenters. The smallest absolute Gasteiger partial charge is 0.269 e. The molecule has 0 atom stereocenters. The van der Waals surface area contributed by atoms with Gasteiger partial charge in [0.05, 0.1) is 10.6 Å². The van der Waals surface area contributed by atoms with Crippen LogP contribution in [0.1, 0.15) is 5.01 Å². The minimum atomic E-state index is -0.467. The van der Waals surface area contributed by atoms with Crippen LogP contribution in [0.2, 0.25) is 0 Å². The van der Waals surface area contributed by atoms with E-state index in [1.807, 2.05) is 0 Å². The van der Waals surface area contributed by atoms with Gasteiger partial charge in [0, 0.05) is 35.0 Å². The Kier molecular flexibility index (Phi) is 5.01. The van der Waals surface area contributed by atoms with Gasteiger partial charge >= 0.3 is 0 Å². The lowest BCUT2D eigenvalue weighted by atomic mass is 10.1. The molecular formula is C18H11FN4O2S. The zero-order valence-electron chi connectivity index (χ0n) is 13.2. The molecule has 3 aromatic rings. The molecule has 26 heavy (non-hydrogen) atoms. The highest BCUT2D eigenvalue weighted by molar-refractivity contribution is 7.11. The van der Waals surface area contributed by atoms with Crippen molar-refractivity contribution in [2.75, 3.05) is 5.32 Å². The molecule has 1 N–H and O–H groups in total. The highest BCUT2D eigenvalue weighted by Crippen LogP contribution is 2.27. The Hall–Kier alpha value is -3.57. The number of nitro benzene ring substituents is 1. The van der Waals surface area contributed by atoms with Crippen molar-refractivity contribution in [3.8, 4) is 17.3 Å². The van der Waals surface area contributed by atoms with Crippen molar-refractivity contribution in [2.45, 2.75) is 0 Å². The van der Waals surface area contributed by atoms with E-state index in [0.29, 0.717) is 27.5 Å². The van der Waals surface area contributed by atoms with E-state index in [2.05, 4.69) is 16.4 Å². The fourth-order valence-electron chi connectivity index (χ4n) is 2.16. The summed E-state index contributed by atoms with van der Waals surface area (Å²) in [6, 6.07) is 14.0. The third-order valence-electron chi connectivity index (χ3n) is 3.44. The molecule has 2 aromatic carbocycles. The monoisotopic (exact) mass is 366 g/mol. The predicted molar refractivity (Wildman–Crippen MR) is 97.8 cm³/mol. The summed E-state index contributed by atoms with van der Waals surface area (Å²) in [6.45, 7) is 0. The number of nitro groups is 1. The molecule has 6 nitrogen and oxygen atoms in total. The van der Waals surface area contributed by atoms with Gasteiger partial charge in [-0.3, -0.25) is 10.1 Å². The van der Waals surface area contributed by atoms with Crippen LogP contribution in [-0.4, -0.2) is 9.91 Å². The van der Waals surface area contributed by atoms with Crippen molar-refractivity contribution >= 4 is 28.3 Å². The highest BCUT2D eigenvalue weighted by atomic mass is 32.1. The number of nitrogens with zero attached hydrogens (tertiary/aromatic N) is 3. The molecule has 0 aliphatic carbocycles. The molecule has 0 aliphatic rings. The Morgan fingerprint density at radius 3 is 2.73 bits per heavy atom. The summed E-state index contributed by atoms with van der Waals surface area (Å²) in [5, 5.41) is 25.2. The average Bonchev–Trinajstić information content (AvgIpc) is 3.12. The standard InChI is InChI=1S/C18H11FN4O2S/c19-14-2-1-3-15(8-14)21-10-13(9-20)18-22-17(11-26-18)12-4-6-16(7-5-12)23(24)25/h1-8,10-11,21H/b13-10+. The molecule has 128 valence electrons. The number of halogens is 1. The lowest BCUT2D eigenvalue weighted by Gasteiger charge is -2.01. The van der Waals surface area contributed by atoms with Gasteiger partial charge in [-0.15, -0.1) is 11.3 Å². The van der Waals surface area contributed by atoms with Gasteiger partial charge in [-0.2, -0.15) is 5.26 Å². The van der Waals surface area contributed by atoms with Gasteiger partial charge in [0.2, 0.25) is 0 Å². The lowest BCUT2D eigenvalue weighted by Crippen LogP contribution is -1.91. The highest BCUT2D eigenvalue weighted by Gasteiger charge is 2.11. The van der Waals surface area contributed by atoms with Crippen molar-refractivity contribution in [1.29, 1.82) is 5.26 Å². The Morgan fingerprint density at radius 2 is 2.08 bits per heavy atom. The molecule has 1 heterocycles. The maximum Gasteiger partial charge on any atom is 0.269 e. The summed E-state index contributed by atoms with van der Waals surface area (Å²) in [5.74, 6) is -0.378. The second-order valence-electron chi connectivity index (χ2n) is 5.17. The van der Waals surface area contributed by atoms with Gasteiger partial charge in [0.25, 0.3) is 5.69 Å². The molecule has 0 spiro atoms. The molecule has 0 fully saturated rings. The van der Waals surface area contributed by atoms with Gasteiger partial charge in [0.1, 0.15) is 22.5 Å². The second-order valence-corrected chi connectivity index (χ2v) is 6.02. The van der Waals surface area contributed by atoms with E-state index >= 15 is 0 Å². The summed E-state index contributed by atoms with van der Waals surface area (Å²) >= 11 is 1.28. The molecule has 0 saturated carbocycles. The van der Waals surface area contributed by atoms with Gasteiger partial charge < -0.3 is 5.32 Å². The zero-order valence-corrected chi connectivity index (χ0v) is 14.0. The summed E-state index contributed by atoms with van der Waals surface area (Å²) < 4.78 is 13.2. The van der Waals surface area contributed by atoms with Gasteiger partial charge in [-0.25, -0.2) is 9.37 Å². The largest absolute Gasteiger partial charge is 0.360 e. The van der Waals surface area contributed by atoms with Gasteiger partial charge in [0.15, 0.2) is 0 Å². The van der Waals surface area contributed by atoms with Crippen LogP contribution >= 0.6 is 11.3 Å². The fraction of sp³-hybridized carbons (Fsp3) is 0. The number of benzene rings is 2. The number of allylic oxidation sites excluding steroid dienone is 1. The Morgan fingerprint density at radius 1 is 1.31 bits per heavy atom. The molecule has 1 aromatic heterocycles. The van der Waals surface area contributed by atoms with Crippen LogP contribution in [0.4, 0.5) is 15.8 Å². The van der Waals surface area contributed by atoms with Crippen LogP contribution in [0.3, 0.4) is 0 Å². The quantitative estimate of drug-likeness (QED) is 0.396. The number of rotatable bonds is 5. The summed E-state index contributed by atoms with van der Waals surface area (Å²) in [5.41, 5.74) is 2.15. The molecule has 0 bridgehead atoms.